The van der Waals surface area contributed by atoms with Crippen LogP contribution in [0.5, 0.6) is 0 Å². The van der Waals surface area contributed by atoms with Crippen LogP contribution in [0.1, 0.15) is 12.8 Å². The fourth-order valence-electron chi connectivity index (χ4n) is 1.05. The van der Waals surface area contributed by atoms with Crippen LogP contribution < -0.4 is 5.32 Å². The summed E-state index contributed by atoms with van der Waals surface area (Å²) in [4.78, 5) is 0. The molecule has 0 aromatic heterocycles. The molecule has 14 heavy (non-hydrogen) atoms. The Bertz CT molecular complexity index is 344. The standard InChI is InChI=1S/C11H11BrFN/c1-2-3-4-8-14-10-7-5-6-9(12)11(10)13/h1,5-7,14H,3-4,8H2. The zero-order chi connectivity index (χ0) is 10.4. The van der Waals surface area contributed by atoms with Gasteiger partial charge in [-0.2, -0.15) is 0 Å². The van der Waals surface area contributed by atoms with Crippen LogP contribution in [0.3, 0.4) is 0 Å². The number of anilines is 1. The van der Waals surface area contributed by atoms with Gasteiger partial charge in [0.15, 0.2) is 5.82 Å². The summed E-state index contributed by atoms with van der Waals surface area (Å²) in [5.74, 6) is 2.28. The molecule has 0 radical (unpaired) electrons. The molecule has 0 amide bonds. The number of benzene rings is 1. The summed E-state index contributed by atoms with van der Waals surface area (Å²) in [6.45, 7) is 0.692. The number of rotatable bonds is 4. The van der Waals surface area contributed by atoms with Gasteiger partial charge in [0.25, 0.3) is 0 Å². The lowest BCUT2D eigenvalue weighted by atomic mass is 10.3. The number of halogens is 2. The zero-order valence-corrected chi connectivity index (χ0v) is 9.27. The summed E-state index contributed by atoms with van der Waals surface area (Å²) in [5.41, 5.74) is 0.511. The molecule has 0 unspecified atom stereocenters. The van der Waals surface area contributed by atoms with Crippen LogP contribution in [-0.4, -0.2) is 6.54 Å². The van der Waals surface area contributed by atoms with Crippen LogP contribution in [0.25, 0.3) is 0 Å². The Morgan fingerprint density at radius 3 is 3.00 bits per heavy atom. The van der Waals surface area contributed by atoms with Crippen molar-refractivity contribution in [3.63, 3.8) is 0 Å². The lowest BCUT2D eigenvalue weighted by Gasteiger charge is -2.06. The van der Waals surface area contributed by atoms with Gasteiger partial charge in [0.2, 0.25) is 0 Å². The molecule has 0 aliphatic heterocycles. The van der Waals surface area contributed by atoms with E-state index in [-0.39, 0.29) is 5.82 Å². The van der Waals surface area contributed by atoms with Crippen molar-refractivity contribution in [2.45, 2.75) is 12.8 Å². The number of hydrogen-bond acceptors (Lipinski definition) is 1. The van der Waals surface area contributed by atoms with Crippen LogP contribution in [0, 0.1) is 18.2 Å². The first-order valence-corrected chi connectivity index (χ1v) is 5.16. The molecule has 1 N–H and O–H groups in total. The van der Waals surface area contributed by atoms with Gasteiger partial charge in [-0.15, -0.1) is 12.3 Å². The second kappa shape index (κ2) is 5.66. The molecule has 1 aromatic carbocycles. The SMILES string of the molecule is C#CCCCNc1cccc(Br)c1F. The summed E-state index contributed by atoms with van der Waals surface area (Å²) in [6, 6.07) is 5.16. The number of hydrogen-bond donors (Lipinski definition) is 1. The normalized spacial score (nSPS) is 9.50. The first-order valence-electron chi connectivity index (χ1n) is 4.37. The molecular formula is C11H11BrFN. The van der Waals surface area contributed by atoms with Crippen molar-refractivity contribution in [1.29, 1.82) is 0 Å². The third-order valence-electron chi connectivity index (χ3n) is 1.76. The van der Waals surface area contributed by atoms with E-state index in [1.807, 2.05) is 0 Å². The van der Waals surface area contributed by atoms with E-state index in [9.17, 15) is 4.39 Å². The highest BCUT2D eigenvalue weighted by molar-refractivity contribution is 9.10. The third kappa shape index (κ3) is 3.04. The zero-order valence-electron chi connectivity index (χ0n) is 7.69. The Morgan fingerprint density at radius 2 is 2.29 bits per heavy atom. The molecule has 0 spiro atoms. The Morgan fingerprint density at radius 1 is 1.50 bits per heavy atom. The second-order valence-electron chi connectivity index (χ2n) is 2.84. The van der Waals surface area contributed by atoms with E-state index in [0.717, 1.165) is 6.42 Å². The summed E-state index contributed by atoms with van der Waals surface area (Å²) in [7, 11) is 0. The van der Waals surface area contributed by atoms with Gasteiger partial charge in [-0.25, -0.2) is 4.39 Å². The summed E-state index contributed by atoms with van der Waals surface area (Å²) in [6.07, 6.45) is 6.66. The van der Waals surface area contributed by atoms with Crippen LogP contribution in [-0.2, 0) is 0 Å². The van der Waals surface area contributed by atoms with Gasteiger partial charge in [-0.05, 0) is 34.5 Å². The van der Waals surface area contributed by atoms with Crippen molar-refractivity contribution in [2.75, 3.05) is 11.9 Å². The number of terminal acetylenes is 1. The molecule has 0 aliphatic rings. The molecule has 74 valence electrons. The fraction of sp³-hybridized carbons (Fsp3) is 0.273. The summed E-state index contributed by atoms with van der Waals surface area (Å²) >= 11 is 3.12. The topological polar surface area (TPSA) is 12.0 Å². The molecule has 1 nitrogen and oxygen atoms in total. The van der Waals surface area contributed by atoms with Crippen LogP contribution in [0.4, 0.5) is 10.1 Å². The maximum Gasteiger partial charge on any atom is 0.160 e. The molecule has 0 saturated carbocycles. The lowest BCUT2D eigenvalue weighted by Crippen LogP contribution is -2.03. The van der Waals surface area contributed by atoms with E-state index in [1.165, 1.54) is 0 Å². The lowest BCUT2D eigenvalue weighted by molar-refractivity contribution is 0.623. The van der Waals surface area contributed by atoms with Gasteiger partial charge in [-0.1, -0.05) is 6.07 Å². The van der Waals surface area contributed by atoms with E-state index in [0.29, 0.717) is 23.1 Å². The smallest absolute Gasteiger partial charge is 0.160 e. The molecule has 1 aromatic rings. The maximum atomic E-state index is 13.4. The van der Waals surface area contributed by atoms with E-state index >= 15 is 0 Å². The minimum absolute atomic E-state index is 0.256. The molecule has 0 saturated heterocycles. The molecule has 0 atom stereocenters. The van der Waals surface area contributed by atoms with Gasteiger partial charge >= 0.3 is 0 Å². The van der Waals surface area contributed by atoms with Crippen molar-refractivity contribution >= 4 is 21.6 Å². The van der Waals surface area contributed by atoms with Gasteiger partial charge < -0.3 is 5.32 Å². The van der Waals surface area contributed by atoms with E-state index in [1.54, 1.807) is 18.2 Å². The highest BCUT2D eigenvalue weighted by atomic mass is 79.9. The molecule has 0 aliphatic carbocycles. The number of unbranched alkanes of at least 4 members (excludes halogenated alkanes) is 1. The molecular weight excluding hydrogens is 245 g/mol. The Balaban J connectivity index is 2.51. The fourth-order valence-corrected chi connectivity index (χ4v) is 1.42. The van der Waals surface area contributed by atoms with Crippen molar-refractivity contribution in [3.8, 4) is 12.3 Å². The molecule has 0 bridgehead atoms. The van der Waals surface area contributed by atoms with Crippen LogP contribution in [0.15, 0.2) is 22.7 Å². The Hall–Kier alpha value is -1.01. The second-order valence-corrected chi connectivity index (χ2v) is 3.69. The molecule has 0 fully saturated rings. The van der Waals surface area contributed by atoms with Gasteiger partial charge in [-0.3, -0.25) is 0 Å². The maximum absolute atomic E-state index is 13.4. The van der Waals surface area contributed by atoms with E-state index in [2.05, 4.69) is 27.2 Å². The van der Waals surface area contributed by atoms with E-state index in [4.69, 9.17) is 6.42 Å². The Labute approximate surface area is 91.8 Å². The van der Waals surface area contributed by atoms with Crippen molar-refractivity contribution in [2.24, 2.45) is 0 Å². The van der Waals surface area contributed by atoms with Crippen LogP contribution in [0.2, 0.25) is 0 Å². The van der Waals surface area contributed by atoms with Crippen molar-refractivity contribution < 1.29 is 4.39 Å². The van der Waals surface area contributed by atoms with E-state index < -0.39 is 0 Å². The van der Waals surface area contributed by atoms with Crippen LogP contribution >= 0.6 is 15.9 Å². The number of nitrogens with one attached hydrogen (secondary N) is 1. The largest absolute Gasteiger partial charge is 0.383 e. The quantitative estimate of drug-likeness (QED) is 0.643. The minimum atomic E-state index is -0.256. The average molecular weight is 256 g/mol. The molecule has 0 heterocycles. The third-order valence-corrected chi connectivity index (χ3v) is 2.38. The summed E-state index contributed by atoms with van der Waals surface area (Å²) in [5, 5.41) is 2.99. The van der Waals surface area contributed by atoms with Gasteiger partial charge in [0.05, 0.1) is 10.2 Å². The monoisotopic (exact) mass is 255 g/mol. The molecule has 3 heteroatoms. The first kappa shape index (κ1) is 11.1. The van der Waals surface area contributed by atoms with Gasteiger partial charge in [0, 0.05) is 13.0 Å². The van der Waals surface area contributed by atoms with Gasteiger partial charge in [0.1, 0.15) is 0 Å². The average Bonchev–Trinajstić information content (AvgIpc) is 2.19. The van der Waals surface area contributed by atoms with Crippen molar-refractivity contribution in [3.05, 3.63) is 28.5 Å². The highest BCUT2D eigenvalue weighted by Crippen LogP contribution is 2.22. The molecule has 1 rings (SSSR count). The predicted octanol–water partition coefficient (Wildman–Crippen LogP) is 3.41. The van der Waals surface area contributed by atoms with Crippen molar-refractivity contribution in [1.82, 2.24) is 0 Å². The Kier molecular flexibility index (Phi) is 4.48. The minimum Gasteiger partial charge on any atom is -0.383 e. The highest BCUT2D eigenvalue weighted by Gasteiger charge is 2.03. The summed E-state index contributed by atoms with van der Waals surface area (Å²) < 4.78 is 13.8. The predicted molar refractivity (Wildman–Crippen MR) is 60.7 cm³/mol. The first-order chi connectivity index (χ1) is 6.75.